The van der Waals surface area contributed by atoms with Crippen molar-refractivity contribution in [2.75, 3.05) is 5.43 Å². The van der Waals surface area contributed by atoms with Crippen molar-refractivity contribution >= 4 is 40.6 Å². The first-order valence-electron chi connectivity index (χ1n) is 7.20. The molecule has 0 aliphatic carbocycles. The van der Waals surface area contributed by atoms with Crippen molar-refractivity contribution < 1.29 is 22.4 Å². The van der Waals surface area contributed by atoms with Crippen LogP contribution in [0.4, 0.5) is 17.6 Å². The number of benzene rings is 2. The first-order valence-corrected chi connectivity index (χ1v) is 7.98. The van der Waals surface area contributed by atoms with E-state index in [1.165, 1.54) is 6.07 Å². The number of aromatic nitrogens is 2. The molecule has 0 saturated carbocycles. The van der Waals surface area contributed by atoms with Crippen LogP contribution in [-0.2, 0) is 6.18 Å². The molecule has 0 spiro atoms. The van der Waals surface area contributed by atoms with Gasteiger partial charge in [0.2, 0.25) is 0 Å². The number of alkyl halides is 3. The third kappa shape index (κ3) is 3.86. The van der Waals surface area contributed by atoms with Crippen LogP contribution in [0.1, 0.15) is 15.9 Å². The Hall–Kier alpha value is -2.72. The number of carbonyl (C=O) groups excluding carboxylic acids is 1. The molecular formula is C16H8ClF4N3O2S. The summed E-state index contributed by atoms with van der Waals surface area (Å²) in [5.41, 5.74) is -0.0801. The molecule has 2 aromatic carbocycles. The van der Waals surface area contributed by atoms with Gasteiger partial charge in [-0.2, -0.15) is 17.8 Å². The highest BCUT2D eigenvalue weighted by Crippen LogP contribution is 2.31. The third-order valence-electron chi connectivity index (χ3n) is 3.56. The Balaban J connectivity index is 2.06. The van der Waals surface area contributed by atoms with Crippen LogP contribution in [0.25, 0.3) is 10.9 Å². The second-order valence-corrected chi connectivity index (χ2v) is 6.25. The van der Waals surface area contributed by atoms with E-state index in [-0.39, 0.29) is 20.7 Å². The molecule has 1 heterocycles. The van der Waals surface area contributed by atoms with Gasteiger partial charge in [0.15, 0.2) is 4.77 Å². The molecule has 1 aromatic heterocycles. The number of aromatic amines is 1. The number of rotatable bonds is 2. The summed E-state index contributed by atoms with van der Waals surface area (Å²) in [7, 11) is 0. The number of carbonyl (C=O) groups is 1. The maximum Gasteiger partial charge on any atom is 0.416 e. The Labute approximate surface area is 158 Å². The van der Waals surface area contributed by atoms with Gasteiger partial charge in [-0.3, -0.25) is 15.0 Å². The van der Waals surface area contributed by atoms with Gasteiger partial charge in [0.1, 0.15) is 5.82 Å². The first-order chi connectivity index (χ1) is 12.6. The summed E-state index contributed by atoms with van der Waals surface area (Å²) < 4.78 is 52.4. The van der Waals surface area contributed by atoms with Gasteiger partial charge in [-0.05, 0) is 48.6 Å². The molecule has 5 nitrogen and oxygen atoms in total. The molecule has 140 valence electrons. The summed E-state index contributed by atoms with van der Waals surface area (Å²) in [6, 6.07) is 5.59. The van der Waals surface area contributed by atoms with E-state index in [1.54, 1.807) is 0 Å². The van der Waals surface area contributed by atoms with E-state index < -0.39 is 34.6 Å². The van der Waals surface area contributed by atoms with Gasteiger partial charge >= 0.3 is 6.18 Å². The number of hydrogen-bond donors (Lipinski definition) is 2. The Morgan fingerprint density at radius 1 is 1.19 bits per heavy atom. The minimum atomic E-state index is -4.71. The van der Waals surface area contributed by atoms with Crippen molar-refractivity contribution in [2.24, 2.45) is 0 Å². The van der Waals surface area contributed by atoms with Crippen molar-refractivity contribution in [1.29, 1.82) is 0 Å². The largest absolute Gasteiger partial charge is 0.416 e. The highest BCUT2D eigenvalue weighted by molar-refractivity contribution is 7.71. The minimum absolute atomic E-state index is 0.106. The van der Waals surface area contributed by atoms with E-state index in [0.29, 0.717) is 16.8 Å². The molecular weight excluding hydrogens is 410 g/mol. The molecule has 0 bridgehead atoms. The van der Waals surface area contributed by atoms with Gasteiger partial charge in [-0.15, -0.1) is 0 Å². The molecule has 0 unspecified atom stereocenters. The molecule has 0 atom stereocenters. The number of nitrogens with one attached hydrogen (secondary N) is 2. The second kappa shape index (κ2) is 6.78. The zero-order valence-electron chi connectivity index (χ0n) is 13.0. The lowest BCUT2D eigenvalue weighted by atomic mass is 10.1. The van der Waals surface area contributed by atoms with Crippen LogP contribution in [0.2, 0.25) is 5.02 Å². The number of hydrogen-bond acceptors (Lipinski definition) is 3. The molecule has 2 N–H and O–H groups in total. The first kappa shape index (κ1) is 19.1. The number of amides is 1. The number of H-pyrrole nitrogens is 1. The summed E-state index contributed by atoms with van der Waals surface area (Å²) in [4.78, 5) is 27.4. The summed E-state index contributed by atoms with van der Waals surface area (Å²) >= 11 is 10.6. The normalized spacial score (nSPS) is 11.6. The lowest BCUT2D eigenvalue weighted by Gasteiger charge is -2.12. The van der Waals surface area contributed by atoms with E-state index >= 15 is 0 Å². The molecule has 0 saturated heterocycles. The monoisotopic (exact) mass is 417 g/mol. The summed E-state index contributed by atoms with van der Waals surface area (Å²) in [5, 5.41) is -0.418. The summed E-state index contributed by atoms with van der Waals surface area (Å²) in [6.07, 6.45) is -4.71. The van der Waals surface area contributed by atoms with Crippen molar-refractivity contribution in [3.05, 3.63) is 73.5 Å². The maximum absolute atomic E-state index is 13.4. The van der Waals surface area contributed by atoms with Crippen molar-refractivity contribution in [3.8, 4) is 0 Å². The molecule has 0 radical (unpaired) electrons. The zero-order chi connectivity index (χ0) is 19.9. The Bertz CT molecular complexity index is 1190. The average Bonchev–Trinajstić information content (AvgIpc) is 2.58. The van der Waals surface area contributed by atoms with Gasteiger partial charge in [-0.25, -0.2) is 4.39 Å². The van der Waals surface area contributed by atoms with Gasteiger partial charge in [0, 0.05) is 10.6 Å². The smallest absolute Gasteiger partial charge is 0.330 e. The lowest BCUT2D eigenvalue weighted by molar-refractivity contribution is -0.137. The highest BCUT2D eigenvalue weighted by atomic mass is 35.5. The van der Waals surface area contributed by atoms with E-state index in [0.717, 1.165) is 18.2 Å². The summed E-state index contributed by atoms with van der Waals surface area (Å²) in [5.74, 6) is -1.74. The minimum Gasteiger partial charge on any atom is -0.330 e. The fraction of sp³-hybridized carbons (Fsp3) is 0.0625. The predicted molar refractivity (Wildman–Crippen MR) is 93.5 cm³/mol. The lowest BCUT2D eigenvalue weighted by Crippen LogP contribution is -2.34. The zero-order valence-corrected chi connectivity index (χ0v) is 14.6. The Morgan fingerprint density at radius 3 is 2.56 bits per heavy atom. The van der Waals surface area contributed by atoms with Crippen LogP contribution in [0.5, 0.6) is 0 Å². The van der Waals surface area contributed by atoms with Gasteiger partial charge in [0.05, 0.1) is 16.5 Å². The molecule has 27 heavy (non-hydrogen) atoms. The third-order valence-corrected chi connectivity index (χ3v) is 4.06. The molecule has 1 amide bonds. The Kier molecular flexibility index (Phi) is 4.79. The second-order valence-electron chi connectivity index (χ2n) is 5.43. The van der Waals surface area contributed by atoms with Gasteiger partial charge < -0.3 is 4.98 Å². The Morgan fingerprint density at radius 2 is 1.89 bits per heavy atom. The number of halogens is 5. The van der Waals surface area contributed by atoms with Gasteiger partial charge in [0.25, 0.3) is 11.5 Å². The molecule has 11 heteroatoms. The standard InChI is InChI=1S/C16H8ClF4N3O2S/c17-9-4-7(3-8(5-9)16(19,20)21)13(25)23-24-14(26)11-6-10(18)1-2-12(11)22-15(24)27/h1-6H,(H,22,27)(H,23,25). The summed E-state index contributed by atoms with van der Waals surface area (Å²) in [6.45, 7) is 0. The topological polar surface area (TPSA) is 66.9 Å². The SMILES string of the molecule is O=C(Nn1c(=S)[nH]c2ccc(F)cc2c1=O)c1cc(Cl)cc(C(F)(F)F)c1. The maximum atomic E-state index is 13.4. The van der Waals surface area contributed by atoms with Gasteiger partial charge in [-0.1, -0.05) is 11.6 Å². The molecule has 0 fully saturated rings. The number of fused-ring (bicyclic) bond motifs is 1. The van der Waals surface area contributed by atoms with E-state index in [4.69, 9.17) is 23.8 Å². The molecule has 0 aliphatic rings. The van der Waals surface area contributed by atoms with E-state index in [9.17, 15) is 27.2 Å². The predicted octanol–water partition coefficient (Wildman–Crippen LogP) is 4.25. The molecule has 3 aromatic rings. The number of nitrogens with zero attached hydrogens (tertiary/aromatic N) is 1. The fourth-order valence-electron chi connectivity index (χ4n) is 2.34. The van der Waals surface area contributed by atoms with Crippen LogP contribution in [0.3, 0.4) is 0 Å². The van der Waals surface area contributed by atoms with Crippen LogP contribution in [-0.4, -0.2) is 15.6 Å². The van der Waals surface area contributed by atoms with E-state index in [2.05, 4.69) is 10.4 Å². The fourth-order valence-corrected chi connectivity index (χ4v) is 2.81. The van der Waals surface area contributed by atoms with Crippen LogP contribution in [0.15, 0.2) is 41.2 Å². The highest BCUT2D eigenvalue weighted by Gasteiger charge is 2.31. The van der Waals surface area contributed by atoms with Crippen LogP contribution in [0, 0.1) is 10.6 Å². The van der Waals surface area contributed by atoms with Crippen LogP contribution < -0.4 is 11.0 Å². The quantitative estimate of drug-likeness (QED) is 0.484. The average molecular weight is 418 g/mol. The van der Waals surface area contributed by atoms with Crippen molar-refractivity contribution in [1.82, 2.24) is 9.66 Å². The molecule has 0 aliphatic heterocycles. The van der Waals surface area contributed by atoms with Crippen molar-refractivity contribution in [3.63, 3.8) is 0 Å². The molecule has 3 rings (SSSR count). The van der Waals surface area contributed by atoms with E-state index in [1.807, 2.05) is 0 Å². The van der Waals surface area contributed by atoms with Crippen molar-refractivity contribution in [2.45, 2.75) is 6.18 Å². The van der Waals surface area contributed by atoms with Crippen LogP contribution >= 0.6 is 23.8 Å².